The Balaban J connectivity index is 1.37. The average molecular weight is 569 g/mol. The molecular weight excluding hydrogens is 533 g/mol. The number of thioether (sulfide) groups is 5. The van der Waals surface area contributed by atoms with Crippen LogP contribution in [0.1, 0.15) is 12.8 Å². The number of methoxy groups -OCH3 is 1. The van der Waals surface area contributed by atoms with E-state index in [2.05, 4.69) is 0 Å². The fourth-order valence-corrected chi connectivity index (χ4v) is 14.1. The number of carbonyl (C=O) groups excluding carboxylic acids is 1. The summed E-state index contributed by atoms with van der Waals surface area (Å²) < 4.78 is 24.0. The molecule has 6 nitrogen and oxygen atoms in total. The van der Waals surface area contributed by atoms with Crippen LogP contribution in [0.3, 0.4) is 0 Å². The lowest BCUT2D eigenvalue weighted by Gasteiger charge is -2.47. The molecule has 0 amide bonds. The van der Waals surface area contributed by atoms with E-state index < -0.39 is 11.9 Å². The van der Waals surface area contributed by atoms with Crippen LogP contribution in [0.15, 0.2) is 0 Å². The minimum absolute atomic E-state index is 0.0353. The van der Waals surface area contributed by atoms with Crippen molar-refractivity contribution in [1.82, 2.24) is 0 Å². The molecule has 5 heterocycles. The monoisotopic (exact) mass is 568 g/mol. The average Bonchev–Trinajstić information content (AvgIpc) is 3.52. The molecular formula is C23H36O6S5. The number of hydrogen-bond acceptors (Lipinski definition) is 11. The Morgan fingerprint density at radius 2 is 1.62 bits per heavy atom. The van der Waals surface area contributed by atoms with Crippen molar-refractivity contribution < 1.29 is 28.8 Å². The second-order valence-corrected chi connectivity index (χ2v) is 16.0. The Morgan fingerprint density at radius 1 is 0.941 bits per heavy atom. The van der Waals surface area contributed by atoms with Gasteiger partial charge in [-0.2, -0.15) is 35.3 Å². The number of aliphatic hydroxyl groups excluding tert-OH is 1. The van der Waals surface area contributed by atoms with E-state index in [0.717, 1.165) is 47.4 Å². The minimum atomic E-state index is -0.665. The molecule has 0 unspecified atom stereocenters. The summed E-state index contributed by atoms with van der Waals surface area (Å²) in [5.74, 6) is 6.56. The Bertz CT molecular complexity index is 701. The van der Waals surface area contributed by atoms with Crippen LogP contribution in [0, 0.1) is 23.7 Å². The van der Waals surface area contributed by atoms with Crippen LogP contribution in [-0.2, 0) is 23.7 Å². The first-order valence-electron chi connectivity index (χ1n) is 12.2. The van der Waals surface area contributed by atoms with Crippen molar-refractivity contribution in [3.05, 3.63) is 0 Å². The number of ether oxygens (including phenoxy) is 4. The summed E-state index contributed by atoms with van der Waals surface area (Å²) >= 11 is 9.62. The number of carbonyl (C=O) groups is 1. The van der Waals surface area contributed by atoms with Crippen LogP contribution in [0.5, 0.6) is 0 Å². The molecule has 5 saturated heterocycles. The molecule has 5 aliphatic rings. The van der Waals surface area contributed by atoms with Gasteiger partial charge < -0.3 is 24.1 Å². The Hall–Kier alpha value is 1.22. The second-order valence-electron chi connectivity index (χ2n) is 9.56. The van der Waals surface area contributed by atoms with Crippen molar-refractivity contribution in [2.75, 3.05) is 73.1 Å². The predicted molar refractivity (Wildman–Crippen MR) is 145 cm³/mol. The topological polar surface area (TPSA) is 74.2 Å². The highest BCUT2D eigenvalue weighted by Crippen LogP contribution is 2.57. The van der Waals surface area contributed by atoms with Crippen LogP contribution in [0.4, 0.5) is 0 Å². The summed E-state index contributed by atoms with van der Waals surface area (Å²) in [6.45, 7) is 1.31. The second kappa shape index (κ2) is 11.9. The zero-order valence-electron chi connectivity index (χ0n) is 19.7. The highest BCUT2D eigenvalue weighted by molar-refractivity contribution is 8.21. The molecule has 6 atom stereocenters. The molecule has 5 rings (SSSR count). The number of rotatable bonds is 7. The van der Waals surface area contributed by atoms with Crippen LogP contribution in [0.2, 0.25) is 0 Å². The third kappa shape index (κ3) is 5.23. The van der Waals surface area contributed by atoms with Crippen LogP contribution >= 0.6 is 58.8 Å². The van der Waals surface area contributed by atoms with Gasteiger partial charge in [-0.25, -0.2) is 0 Å². The Kier molecular flexibility index (Phi) is 9.42. The molecule has 34 heavy (non-hydrogen) atoms. The number of ketones is 1. The van der Waals surface area contributed by atoms with Gasteiger partial charge in [0.2, 0.25) is 0 Å². The molecule has 0 aromatic carbocycles. The van der Waals surface area contributed by atoms with Gasteiger partial charge in [0.05, 0.1) is 41.3 Å². The van der Waals surface area contributed by atoms with Crippen LogP contribution in [-0.4, -0.2) is 106 Å². The maximum absolute atomic E-state index is 14.1. The SMILES string of the molecule is COCO[C@H]([C@H]1CSC[C@H]([C@H](O)[C@H]2CSCCC23SCCS3)C1=O)[C@@H]1CSCCC12OCCO2. The van der Waals surface area contributed by atoms with Gasteiger partial charge >= 0.3 is 0 Å². The van der Waals surface area contributed by atoms with Gasteiger partial charge in [-0.15, -0.1) is 23.5 Å². The third-order valence-corrected chi connectivity index (χ3v) is 14.9. The molecule has 0 aliphatic carbocycles. The van der Waals surface area contributed by atoms with E-state index in [-0.39, 0.29) is 46.4 Å². The summed E-state index contributed by atoms with van der Waals surface area (Å²) in [6, 6.07) is 0. The molecule has 0 aromatic rings. The maximum Gasteiger partial charge on any atom is 0.175 e. The molecule has 5 fully saturated rings. The molecule has 0 radical (unpaired) electrons. The Labute approximate surface area is 224 Å². The molecule has 5 aliphatic heterocycles. The summed E-state index contributed by atoms with van der Waals surface area (Å²) in [6.07, 6.45) is 0.976. The first-order chi connectivity index (χ1) is 16.6. The van der Waals surface area contributed by atoms with Crippen molar-refractivity contribution in [2.24, 2.45) is 23.7 Å². The number of aliphatic hydroxyl groups is 1. The van der Waals surface area contributed by atoms with E-state index in [1.165, 1.54) is 0 Å². The molecule has 11 heteroatoms. The van der Waals surface area contributed by atoms with Gasteiger partial charge in [0, 0.05) is 59.9 Å². The highest BCUT2D eigenvalue weighted by atomic mass is 32.2. The maximum atomic E-state index is 14.1. The van der Waals surface area contributed by atoms with E-state index in [1.54, 1.807) is 18.9 Å². The van der Waals surface area contributed by atoms with E-state index in [1.807, 2.05) is 47.0 Å². The van der Waals surface area contributed by atoms with Crippen molar-refractivity contribution in [1.29, 1.82) is 0 Å². The smallest absolute Gasteiger partial charge is 0.175 e. The van der Waals surface area contributed by atoms with Crippen molar-refractivity contribution in [3.8, 4) is 0 Å². The van der Waals surface area contributed by atoms with E-state index in [9.17, 15) is 9.90 Å². The van der Waals surface area contributed by atoms with Gasteiger partial charge in [0.15, 0.2) is 5.79 Å². The van der Waals surface area contributed by atoms with Crippen LogP contribution in [0.25, 0.3) is 0 Å². The van der Waals surface area contributed by atoms with Gasteiger partial charge in [0.25, 0.3) is 0 Å². The summed E-state index contributed by atoms with van der Waals surface area (Å²) in [5.41, 5.74) is 0. The zero-order chi connectivity index (χ0) is 23.6. The van der Waals surface area contributed by atoms with E-state index >= 15 is 0 Å². The lowest BCUT2D eigenvalue weighted by Crippen LogP contribution is -2.57. The predicted octanol–water partition coefficient (Wildman–Crippen LogP) is 3.31. The number of hydrogen-bond donors (Lipinski definition) is 1. The minimum Gasteiger partial charge on any atom is -0.392 e. The van der Waals surface area contributed by atoms with Gasteiger partial charge in [0.1, 0.15) is 12.6 Å². The first kappa shape index (κ1) is 26.8. The molecule has 0 saturated carbocycles. The molecule has 194 valence electrons. The standard InChI is InChI=1S/C23H36O6S5/c1-26-14-27-21(18-13-30-6-2-22(18)28-4-5-29-22)16-11-32-10-15(19(16)24)20(25)17-12-31-7-3-23(17)33-8-9-34-23/h15-18,20-21,25H,2-14H2,1H3/t15-,16-,17+,18-,20-,21+/m0/s1. The van der Waals surface area contributed by atoms with E-state index in [0.29, 0.717) is 24.7 Å². The van der Waals surface area contributed by atoms with Gasteiger partial charge in [-0.05, 0) is 17.9 Å². The van der Waals surface area contributed by atoms with Gasteiger partial charge in [-0.3, -0.25) is 4.79 Å². The van der Waals surface area contributed by atoms with Gasteiger partial charge in [-0.1, -0.05) is 0 Å². The van der Waals surface area contributed by atoms with Crippen LogP contribution < -0.4 is 0 Å². The number of Topliss-reactive ketones (excluding diaryl/α,β-unsaturated/α-hetero) is 1. The largest absolute Gasteiger partial charge is 0.392 e. The van der Waals surface area contributed by atoms with Crippen molar-refractivity contribution in [3.63, 3.8) is 0 Å². The van der Waals surface area contributed by atoms with E-state index in [4.69, 9.17) is 18.9 Å². The fourth-order valence-electron chi connectivity index (χ4n) is 6.06. The van der Waals surface area contributed by atoms with Crippen molar-refractivity contribution in [2.45, 2.75) is 34.9 Å². The first-order valence-corrected chi connectivity index (χ1v) is 17.7. The summed E-state index contributed by atoms with van der Waals surface area (Å²) in [7, 11) is 1.62. The molecule has 0 aromatic heterocycles. The third-order valence-electron chi connectivity index (χ3n) is 7.79. The Morgan fingerprint density at radius 3 is 2.35 bits per heavy atom. The quantitative estimate of drug-likeness (QED) is 0.460. The molecule has 0 bridgehead atoms. The zero-order valence-corrected chi connectivity index (χ0v) is 23.8. The molecule has 2 spiro atoms. The lowest BCUT2D eigenvalue weighted by molar-refractivity contribution is -0.234. The summed E-state index contributed by atoms with van der Waals surface area (Å²) in [4.78, 5) is 14.1. The van der Waals surface area contributed by atoms with Crippen molar-refractivity contribution >= 4 is 64.6 Å². The molecule has 1 N–H and O–H groups in total. The summed E-state index contributed by atoms with van der Waals surface area (Å²) in [5, 5.41) is 11.7. The normalized spacial score (nSPS) is 37.3. The fraction of sp³-hybridized carbons (Fsp3) is 0.957. The lowest BCUT2D eigenvalue weighted by atomic mass is 9.77. The highest BCUT2D eigenvalue weighted by Gasteiger charge is 2.56.